The van der Waals surface area contributed by atoms with Gasteiger partial charge in [-0.3, -0.25) is 14.4 Å². The maximum Gasteiger partial charge on any atom is 0.408 e. The van der Waals surface area contributed by atoms with Crippen LogP contribution >= 0.6 is 0 Å². The zero-order valence-corrected chi connectivity index (χ0v) is 16.7. The van der Waals surface area contributed by atoms with Crippen LogP contribution in [0.2, 0.25) is 0 Å². The molecule has 0 heterocycles. The molecule has 0 radical (unpaired) electrons. The van der Waals surface area contributed by atoms with Gasteiger partial charge in [0.05, 0.1) is 14.2 Å². The Balaban J connectivity index is 5.12. The smallest absolute Gasteiger partial charge is 0.408 e. The Bertz CT molecular complexity index is 584. The summed E-state index contributed by atoms with van der Waals surface area (Å²) in [4.78, 5) is 58.3. The lowest BCUT2D eigenvalue weighted by Crippen LogP contribution is -2.52. The van der Waals surface area contributed by atoms with Gasteiger partial charge in [0.2, 0.25) is 5.91 Å². The topological polar surface area (TPSA) is 157 Å². The molecular weight excluding hydrogens is 376 g/mol. The van der Waals surface area contributed by atoms with E-state index in [1.54, 1.807) is 20.8 Å². The molecule has 11 heteroatoms. The van der Waals surface area contributed by atoms with E-state index in [1.807, 2.05) is 0 Å². The van der Waals surface area contributed by atoms with Gasteiger partial charge in [0, 0.05) is 12.8 Å². The molecule has 2 atom stereocenters. The van der Waals surface area contributed by atoms with Crippen LogP contribution in [0.3, 0.4) is 0 Å². The van der Waals surface area contributed by atoms with Gasteiger partial charge >= 0.3 is 24.0 Å². The van der Waals surface area contributed by atoms with Crippen LogP contribution < -0.4 is 10.6 Å². The molecule has 11 nitrogen and oxygen atoms in total. The molecule has 0 spiro atoms. The highest BCUT2D eigenvalue weighted by atomic mass is 16.6. The number of hydrogen-bond donors (Lipinski definition) is 3. The second-order valence-corrected chi connectivity index (χ2v) is 6.83. The van der Waals surface area contributed by atoms with Gasteiger partial charge in [-0.05, 0) is 33.6 Å². The van der Waals surface area contributed by atoms with Crippen LogP contribution in [-0.2, 0) is 33.4 Å². The van der Waals surface area contributed by atoms with E-state index in [4.69, 9.17) is 4.74 Å². The fraction of sp³-hybridized carbons (Fsp3) is 0.706. The standard InChI is InChI=1S/C17H28N2O9/c1-17(2,3)28-16(25)19-10(6-8-12(20)26-4)14(22)18-11(15(23)24)7-9-13(21)27-5/h10-11H,6-9H2,1-5H3,(H,18,22)(H,19,25)(H,23,24)/t10-,11-/m0/s1. The zero-order valence-electron chi connectivity index (χ0n) is 16.7. The summed E-state index contributed by atoms with van der Waals surface area (Å²) in [6.45, 7) is 4.89. The maximum atomic E-state index is 12.5. The predicted octanol–water partition coefficient (Wildman–Crippen LogP) is 0.356. The molecule has 0 unspecified atom stereocenters. The number of alkyl carbamates (subject to hydrolysis) is 1. The van der Waals surface area contributed by atoms with Crippen LogP contribution in [0.4, 0.5) is 4.79 Å². The van der Waals surface area contributed by atoms with Crippen molar-refractivity contribution in [2.75, 3.05) is 14.2 Å². The van der Waals surface area contributed by atoms with Gasteiger partial charge in [-0.2, -0.15) is 0 Å². The molecule has 28 heavy (non-hydrogen) atoms. The average molecular weight is 404 g/mol. The van der Waals surface area contributed by atoms with E-state index >= 15 is 0 Å². The maximum absolute atomic E-state index is 12.5. The lowest BCUT2D eigenvalue weighted by Gasteiger charge is -2.24. The number of esters is 2. The second kappa shape index (κ2) is 11.8. The summed E-state index contributed by atoms with van der Waals surface area (Å²) in [7, 11) is 2.33. The first-order valence-electron chi connectivity index (χ1n) is 8.56. The SMILES string of the molecule is COC(=O)CC[C@H](NC(=O)[C@H](CCC(=O)OC)NC(=O)OC(C)(C)C)C(=O)O. The molecule has 0 fully saturated rings. The lowest BCUT2D eigenvalue weighted by atomic mass is 10.1. The van der Waals surface area contributed by atoms with Gasteiger partial charge in [-0.25, -0.2) is 9.59 Å². The molecule has 160 valence electrons. The molecule has 0 aromatic rings. The number of aliphatic carboxylic acids is 1. The third kappa shape index (κ3) is 11.0. The van der Waals surface area contributed by atoms with Crippen molar-refractivity contribution in [3.8, 4) is 0 Å². The van der Waals surface area contributed by atoms with Crippen molar-refractivity contribution in [3.05, 3.63) is 0 Å². The van der Waals surface area contributed by atoms with Crippen molar-refractivity contribution in [1.82, 2.24) is 10.6 Å². The van der Waals surface area contributed by atoms with Crippen molar-refractivity contribution in [2.45, 2.75) is 64.1 Å². The largest absolute Gasteiger partial charge is 0.480 e. The molecule has 0 saturated heterocycles. The number of hydrogen-bond acceptors (Lipinski definition) is 8. The van der Waals surface area contributed by atoms with Crippen LogP contribution in [0.1, 0.15) is 46.5 Å². The third-order valence-electron chi connectivity index (χ3n) is 3.35. The molecule has 0 saturated carbocycles. The molecule has 0 aliphatic rings. The van der Waals surface area contributed by atoms with Gasteiger partial charge in [0.15, 0.2) is 0 Å². The van der Waals surface area contributed by atoms with Crippen LogP contribution in [0.25, 0.3) is 0 Å². The van der Waals surface area contributed by atoms with Crippen LogP contribution in [0, 0.1) is 0 Å². The number of carboxylic acids is 1. The van der Waals surface area contributed by atoms with Crippen molar-refractivity contribution >= 4 is 29.9 Å². The monoisotopic (exact) mass is 404 g/mol. The summed E-state index contributed by atoms with van der Waals surface area (Å²) in [5, 5.41) is 13.8. The Kier molecular flexibility index (Phi) is 10.6. The van der Waals surface area contributed by atoms with E-state index in [-0.39, 0.29) is 25.7 Å². The molecule has 0 bridgehead atoms. The highest BCUT2D eigenvalue weighted by Gasteiger charge is 2.29. The Morgan fingerprint density at radius 3 is 1.71 bits per heavy atom. The third-order valence-corrected chi connectivity index (χ3v) is 3.35. The van der Waals surface area contributed by atoms with Crippen molar-refractivity contribution in [3.63, 3.8) is 0 Å². The first-order chi connectivity index (χ1) is 12.9. The highest BCUT2D eigenvalue weighted by molar-refractivity contribution is 5.89. The van der Waals surface area contributed by atoms with Crippen molar-refractivity contribution < 1.29 is 43.3 Å². The molecule has 0 aliphatic heterocycles. The van der Waals surface area contributed by atoms with E-state index in [2.05, 4.69) is 20.1 Å². The van der Waals surface area contributed by atoms with E-state index in [9.17, 15) is 29.1 Å². The number of rotatable bonds is 10. The fourth-order valence-corrected chi connectivity index (χ4v) is 1.98. The minimum Gasteiger partial charge on any atom is -0.480 e. The van der Waals surface area contributed by atoms with E-state index < -0.39 is 47.6 Å². The Labute approximate surface area is 163 Å². The Hall–Kier alpha value is -2.85. The van der Waals surface area contributed by atoms with Crippen molar-refractivity contribution in [1.29, 1.82) is 0 Å². The summed E-state index contributed by atoms with van der Waals surface area (Å²) in [5.41, 5.74) is -0.822. The average Bonchev–Trinajstić information content (AvgIpc) is 2.59. The van der Waals surface area contributed by atoms with Gasteiger partial charge < -0.3 is 30.0 Å². The molecule has 0 rings (SSSR count). The summed E-state index contributed by atoms with van der Waals surface area (Å²) >= 11 is 0. The minimum atomic E-state index is -1.38. The van der Waals surface area contributed by atoms with Crippen LogP contribution in [0.5, 0.6) is 0 Å². The quantitative estimate of drug-likeness (QED) is 0.345. The molecule has 0 aromatic heterocycles. The first-order valence-corrected chi connectivity index (χ1v) is 8.56. The first kappa shape index (κ1) is 25.1. The number of carbonyl (C=O) groups is 5. The van der Waals surface area contributed by atoms with E-state index in [0.717, 1.165) is 7.11 Å². The number of carbonyl (C=O) groups excluding carboxylic acids is 4. The second-order valence-electron chi connectivity index (χ2n) is 6.83. The van der Waals surface area contributed by atoms with Gasteiger partial charge in [0.1, 0.15) is 17.7 Å². The minimum absolute atomic E-state index is 0.138. The Morgan fingerprint density at radius 2 is 1.32 bits per heavy atom. The molecule has 3 N–H and O–H groups in total. The van der Waals surface area contributed by atoms with E-state index in [1.165, 1.54) is 7.11 Å². The number of methoxy groups -OCH3 is 2. The zero-order chi connectivity index (χ0) is 21.9. The number of carboxylic acid groups (broad SMARTS) is 1. The summed E-state index contributed by atoms with van der Waals surface area (Å²) < 4.78 is 14.0. The summed E-state index contributed by atoms with van der Waals surface area (Å²) in [6.07, 6.45) is -1.66. The molecule has 0 aliphatic carbocycles. The van der Waals surface area contributed by atoms with Gasteiger partial charge in [-0.1, -0.05) is 0 Å². The summed E-state index contributed by atoms with van der Waals surface area (Å²) in [5.74, 6) is -3.44. The van der Waals surface area contributed by atoms with Crippen molar-refractivity contribution in [2.24, 2.45) is 0 Å². The summed E-state index contributed by atoms with van der Waals surface area (Å²) in [6, 6.07) is -2.62. The number of amides is 2. The molecule has 0 aromatic carbocycles. The highest BCUT2D eigenvalue weighted by Crippen LogP contribution is 2.09. The number of ether oxygens (including phenoxy) is 3. The lowest BCUT2D eigenvalue weighted by molar-refractivity contribution is -0.145. The fourth-order valence-electron chi connectivity index (χ4n) is 1.98. The van der Waals surface area contributed by atoms with Crippen LogP contribution in [-0.4, -0.2) is 66.9 Å². The van der Waals surface area contributed by atoms with Gasteiger partial charge in [-0.15, -0.1) is 0 Å². The Morgan fingerprint density at radius 1 is 0.857 bits per heavy atom. The van der Waals surface area contributed by atoms with Gasteiger partial charge in [0.25, 0.3) is 0 Å². The number of nitrogens with one attached hydrogen (secondary N) is 2. The normalized spacial score (nSPS) is 12.9. The molecule has 2 amide bonds. The molecular formula is C17H28N2O9. The van der Waals surface area contributed by atoms with E-state index in [0.29, 0.717) is 0 Å². The van der Waals surface area contributed by atoms with Crippen LogP contribution in [0.15, 0.2) is 0 Å². The predicted molar refractivity (Wildman–Crippen MR) is 95.2 cm³/mol.